The highest BCUT2D eigenvalue weighted by Crippen LogP contribution is 2.38. The molecule has 218 valence electrons. The molecule has 0 saturated carbocycles. The third kappa shape index (κ3) is 6.99. The Labute approximate surface area is 234 Å². The van der Waals surface area contributed by atoms with Gasteiger partial charge in [-0.25, -0.2) is 22.0 Å². The Morgan fingerprint density at radius 3 is 2.07 bits per heavy atom. The van der Waals surface area contributed by atoms with E-state index >= 15 is 0 Å². The Morgan fingerprint density at radius 1 is 0.927 bits per heavy atom. The quantitative estimate of drug-likeness (QED) is 0.145. The summed E-state index contributed by atoms with van der Waals surface area (Å²) in [6.45, 7) is 4.76. The fourth-order valence-corrected chi connectivity index (χ4v) is 4.54. The summed E-state index contributed by atoms with van der Waals surface area (Å²) in [4.78, 5) is 14.3. The number of rotatable bonds is 10. The number of aliphatic hydroxyl groups is 1. The second-order valence-corrected chi connectivity index (χ2v) is 9.73. The van der Waals surface area contributed by atoms with Crippen LogP contribution >= 0.6 is 0 Å². The molecule has 11 heteroatoms. The summed E-state index contributed by atoms with van der Waals surface area (Å²) in [5.41, 5.74) is 1.34. The highest BCUT2D eigenvalue weighted by molar-refractivity contribution is 5.94. The summed E-state index contributed by atoms with van der Waals surface area (Å²) in [6.07, 6.45) is 1.19. The van der Waals surface area contributed by atoms with Crippen LogP contribution in [-0.2, 0) is 22.6 Å². The summed E-state index contributed by atoms with van der Waals surface area (Å²) >= 11 is 0. The molecule has 41 heavy (non-hydrogen) atoms. The van der Waals surface area contributed by atoms with Gasteiger partial charge in [0, 0.05) is 31.6 Å². The van der Waals surface area contributed by atoms with Gasteiger partial charge >= 0.3 is 0 Å². The van der Waals surface area contributed by atoms with E-state index in [4.69, 9.17) is 9.47 Å². The van der Waals surface area contributed by atoms with Crippen LogP contribution in [0.25, 0.3) is 0 Å². The topological polar surface area (TPSA) is 71.0 Å². The average molecular weight is 577 g/mol. The Kier molecular flexibility index (Phi) is 9.87. The van der Waals surface area contributed by atoms with Gasteiger partial charge in [0.25, 0.3) is 5.91 Å². The minimum atomic E-state index is -2.33. The van der Waals surface area contributed by atoms with Gasteiger partial charge in [-0.2, -0.15) is 0 Å². The van der Waals surface area contributed by atoms with Crippen molar-refractivity contribution in [2.45, 2.75) is 38.1 Å². The van der Waals surface area contributed by atoms with Crippen LogP contribution < -0.4 is 5.32 Å². The highest BCUT2D eigenvalue weighted by atomic mass is 19.2. The van der Waals surface area contributed by atoms with E-state index in [1.807, 2.05) is 31.3 Å². The Bertz CT molecular complexity index is 1360. The van der Waals surface area contributed by atoms with Crippen molar-refractivity contribution in [3.63, 3.8) is 0 Å². The molecule has 0 radical (unpaired) electrons. The molecule has 1 aliphatic rings. The number of ether oxygens (including phenoxy) is 2. The molecule has 3 aromatic rings. The Hall–Kier alpha value is -3.64. The van der Waals surface area contributed by atoms with Gasteiger partial charge < -0.3 is 24.8 Å². The van der Waals surface area contributed by atoms with Gasteiger partial charge in [-0.3, -0.25) is 4.79 Å². The number of amides is 1. The smallest absolute Gasteiger partial charge is 0.257 e. The summed E-state index contributed by atoms with van der Waals surface area (Å²) in [6, 6.07) is 14.1. The lowest BCUT2D eigenvalue weighted by Crippen LogP contribution is -2.37. The average Bonchev–Trinajstić information content (AvgIpc) is 2.98. The Balaban J connectivity index is 1.47. The maximum Gasteiger partial charge on any atom is 0.257 e. The minimum absolute atomic E-state index is 0.0686. The van der Waals surface area contributed by atoms with E-state index < -0.39 is 46.8 Å². The summed E-state index contributed by atoms with van der Waals surface area (Å²) in [5.74, 6) is -12.6. The maximum atomic E-state index is 14.0. The highest BCUT2D eigenvalue weighted by Gasteiger charge is 2.33. The third-order valence-electron chi connectivity index (χ3n) is 6.71. The van der Waals surface area contributed by atoms with E-state index in [0.717, 1.165) is 11.1 Å². The molecule has 1 amide bonds. The van der Waals surface area contributed by atoms with Gasteiger partial charge in [0.05, 0.1) is 18.8 Å². The minimum Gasteiger partial charge on any atom is -0.392 e. The van der Waals surface area contributed by atoms with Crippen molar-refractivity contribution in [2.24, 2.45) is 0 Å². The van der Waals surface area contributed by atoms with Crippen molar-refractivity contribution < 1.29 is 41.3 Å². The number of likely N-dealkylation sites (N-methyl/N-ethyl adjacent to an activating group) is 1. The van der Waals surface area contributed by atoms with Crippen LogP contribution in [0.4, 0.5) is 22.0 Å². The largest absolute Gasteiger partial charge is 0.392 e. The molecule has 1 aliphatic heterocycles. The van der Waals surface area contributed by atoms with Crippen molar-refractivity contribution in [2.75, 3.05) is 20.1 Å². The molecule has 0 unspecified atom stereocenters. The molecule has 1 heterocycles. The normalized spacial score (nSPS) is 18.9. The van der Waals surface area contributed by atoms with Gasteiger partial charge in [0.1, 0.15) is 5.56 Å². The van der Waals surface area contributed by atoms with E-state index in [9.17, 15) is 31.9 Å². The lowest BCUT2D eigenvalue weighted by atomic mass is 9.99. The lowest BCUT2D eigenvalue weighted by Gasteiger charge is -2.37. The van der Waals surface area contributed by atoms with Crippen LogP contribution in [0.1, 0.15) is 51.4 Å². The molecule has 0 aromatic heterocycles. The van der Waals surface area contributed by atoms with Crippen molar-refractivity contribution in [1.29, 1.82) is 0 Å². The van der Waals surface area contributed by atoms with Crippen LogP contribution in [0, 0.1) is 29.1 Å². The van der Waals surface area contributed by atoms with Gasteiger partial charge in [0.15, 0.2) is 29.6 Å². The Morgan fingerprint density at radius 2 is 1.49 bits per heavy atom. The van der Waals surface area contributed by atoms with Gasteiger partial charge in [-0.1, -0.05) is 54.6 Å². The summed E-state index contributed by atoms with van der Waals surface area (Å²) in [5, 5.41) is 11.5. The fraction of sp³-hybridized carbons (Fsp3) is 0.300. The molecule has 3 aromatic carbocycles. The number of carbonyl (C=O) groups excluding carboxylic acids is 1. The number of hydrogen-bond donors (Lipinski definition) is 2. The van der Waals surface area contributed by atoms with E-state index in [2.05, 4.69) is 16.8 Å². The second-order valence-electron chi connectivity index (χ2n) is 9.73. The number of nitrogens with one attached hydrogen (secondary N) is 1. The van der Waals surface area contributed by atoms with Crippen LogP contribution in [0.5, 0.6) is 0 Å². The monoisotopic (exact) mass is 576 g/mol. The summed E-state index contributed by atoms with van der Waals surface area (Å²) in [7, 11) is 1.95. The number of benzene rings is 3. The summed E-state index contributed by atoms with van der Waals surface area (Å²) < 4.78 is 80.7. The van der Waals surface area contributed by atoms with Crippen molar-refractivity contribution in [3.05, 3.63) is 118 Å². The molecule has 0 spiro atoms. The first kappa shape index (κ1) is 30.3. The van der Waals surface area contributed by atoms with Gasteiger partial charge in [0.2, 0.25) is 5.82 Å². The number of nitrogens with zero attached hydrogens (tertiary/aromatic N) is 1. The van der Waals surface area contributed by atoms with Crippen LogP contribution in [0.3, 0.4) is 0 Å². The predicted octanol–water partition coefficient (Wildman–Crippen LogP) is 5.47. The SMILES string of the molecule is C=CCN(C)C[C@H]1C[C@@H](c2ccc(CO)cc2)O[C@@H](c2ccc(CNC(=O)c3c(F)c(F)c(F)c(F)c3F)cc2)O1. The number of aliphatic hydroxyl groups excluding tert-OH is 1. The zero-order chi connectivity index (χ0) is 29.7. The zero-order valence-corrected chi connectivity index (χ0v) is 22.2. The van der Waals surface area contributed by atoms with Crippen molar-refractivity contribution in [1.82, 2.24) is 10.2 Å². The molecule has 1 fully saturated rings. The number of carbonyl (C=O) groups is 1. The number of halogens is 5. The van der Waals surface area contributed by atoms with Crippen LogP contribution in [-0.4, -0.2) is 42.2 Å². The second kappa shape index (κ2) is 13.3. The van der Waals surface area contributed by atoms with Crippen molar-refractivity contribution in [3.8, 4) is 0 Å². The maximum absolute atomic E-state index is 14.0. The predicted molar refractivity (Wildman–Crippen MR) is 140 cm³/mol. The molecule has 3 atom stereocenters. The zero-order valence-electron chi connectivity index (χ0n) is 22.2. The molecule has 0 bridgehead atoms. The molecule has 4 rings (SSSR count). The molecule has 1 saturated heterocycles. The molecular formula is C30H29F5N2O4. The first-order valence-electron chi connectivity index (χ1n) is 12.8. The number of hydrogen-bond acceptors (Lipinski definition) is 5. The third-order valence-corrected chi connectivity index (χ3v) is 6.71. The van der Waals surface area contributed by atoms with Crippen molar-refractivity contribution >= 4 is 5.91 Å². The molecular weight excluding hydrogens is 547 g/mol. The van der Waals surface area contributed by atoms with Crippen LogP contribution in [0.2, 0.25) is 0 Å². The van der Waals surface area contributed by atoms with E-state index in [0.29, 0.717) is 30.6 Å². The molecule has 6 nitrogen and oxygen atoms in total. The van der Waals surface area contributed by atoms with Crippen LogP contribution in [0.15, 0.2) is 61.2 Å². The first-order chi connectivity index (χ1) is 19.6. The fourth-order valence-electron chi connectivity index (χ4n) is 4.54. The van der Waals surface area contributed by atoms with Gasteiger partial charge in [-0.05, 0) is 23.7 Å². The van der Waals surface area contributed by atoms with E-state index in [1.54, 1.807) is 30.3 Å². The first-order valence-corrected chi connectivity index (χ1v) is 12.8. The lowest BCUT2D eigenvalue weighted by molar-refractivity contribution is -0.252. The standard InChI is InChI=1S/C30H29F5N2O4/c1-3-12-37(2)15-21-13-22(19-8-6-18(16-38)7-9-19)41-30(40-21)20-10-4-17(5-11-20)14-36-29(39)23-24(31)26(33)28(35)27(34)25(23)32/h3-11,21-22,30,38H,1,12-16H2,2H3,(H,36,39)/t21-,22+,30+/m1/s1. The molecule has 2 N–H and O–H groups in total. The molecule has 0 aliphatic carbocycles. The van der Waals surface area contributed by atoms with E-state index in [1.165, 1.54) is 0 Å². The van der Waals surface area contributed by atoms with Gasteiger partial charge in [-0.15, -0.1) is 6.58 Å². The van der Waals surface area contributed by atoms with E-state index in [-0.39, 0.29) is 25.4 Å².